The Kier molecular flexibility index (Phi) is 4.89. The number of hydrogen-bond donors (Lipinski definition) is 1. The number of carbonyl (C=O) groups excluding carboxylic acids is 2. The first-order chi connectivity index (χ1) is 12.2. The van der Waals surface area contributed by atoms with Crippen LogP contribution in [0.1, 0.15) is 26.3 Å². The van der Waals surface area contributed by atoms with Gasteiger partial charge in [-0.05, 0) is 35.2 Å². The monoisotopic (exact) mass is 335 g/mol. The highest BCUT2D eigenvalue weighted by Gasteiger charge is 2.16. The molecular weight excluding hydrogens is 321 g/mol. The van der Waals surface area contributed by atoms with Crippen LogP contribution < -0.4 is 0 Å². The van der Waals surface area contributed by atoms with Crippen molar-refractivity contribution in [2.24, 2.45) is 10.5 Å². The molecule has 1 aromatic heterocycles. The molecule has 1 heterocycles. The first-order valence-electron chi connectivity index (χ1n) is 7.58. The van der Waals surface area contributed by atoms with Crippen molar-refractivity contribution in [2.45, 2.75) is 6.54 Å². The van der Waals surface area contributed by atoms with Gasteiger partial charge in [-0.3, -0.25) is 9.59 Å². The molecule has 0 aliphatic heterocycles. The minimum Gasteiger partial charge on any atom is -0.361 e. The molecule has 0 bridgehead atoms. The molecule has 5 nitrogen and oxygen atoms in total. The zero-order chi connectivity index (χ0) is 17.6. The van der Waals surface area contributed by atoms with Crippen LogP contribution in [-0.4, -0.2) is 16.6 Å². The van der Waals surface area contributed by atoms with E-state index in [-0.39, 0.29) is 18.1 Å². The van der Waals surface area contributed by atoms with Crippen molar-refractivity contribution in [1.82, 2.24) is 4.98 Å². The molecule has 0 amide bonds. The maximum atomic E-state index is 11.4. The molecule has 1 aliphatic rings. The summed E-state index contributed by atoms with van der Waals surface area (Å²) in [4.78, 5) is 25.5. The standard InChI is InChI=1S/C10H6O2.C9H8FN3/c11-9-5-6-10(12)8-4-2-1-3-7(8)9;10-13-12-6-7-1-2-8-3-4-11-9(8)5-7/h1-6H;1-5,11H,6H2. The molecule has 0 atom stereocenters. The number of nitrogens with one attached hydrogen (secondary N) is 1. The molecule has 0 saturated heterocycles. The summed E-state index contributed by atoms with van der Waals surface area (Å²) in [6, 6.07) is 14.6. The van der Waals surface area contributed by atoms with E-state index in [1.54, 1.807) is 24.3 Å². The number of rotatable bonds is 2. The zero-order valence-electron chi connectivity index (χ0n) is 13.1. The van der Waals surface area contributed by atoms with Gasteiger partial charge in [0.2, 0.25) is 0 Å². The summed E-state index contributed by atoms with van der Waals surface area (Å²) < 4.78 is 11.4. The van der Waals surface area contributed by atoms with Gasteiger partial charge in [0.1, 0.15) is 0 Å². The maximum absolute atomic E-state index is 11.4. The second-order valence-corrected chi connectivity index (χ2v) is 5.38. The van der Waals surface area contributed by atoms with Gasteiger partial charge < -0.3 is 4.98 Å². The minimum atomic E-state index is -0.0924. The Bertz CT molecular complexity index is 952. The Morgan fingerprint density at radius 1 is 0.920 bits per heavy atom. The number of ketones is 2. The van der Waals surface area contributed by atoms with Gasteiger partial charge in [0, 0.05) is 28.2 Å². The van der Waals surface area contributed by atoms with Crippen LogP contribution in [0.25, 0.3) is 10.9 Å². The Balaban J connectivity index is 0.000000146. The van der Waals surface area contributed by atoms with Gasteiger partial charge in [-0.1, -0.05) is 40.9 Å². The second kappa shape index (κ2) is 7.44. The van der Waals surface area contributed by atoms with Gasteiger partial charge in [0.15, 0.2) is 11.6 Å². The van der Waals surface area contributed by atoms with E-state index in [9.17, 15) is 14.1 Å². The number of fused-ring (bicyclic) bond motifs is 2. The summed E-state index contributed by atoms with van der Waals surface area (Å²) >= 11 is 0. The molecule has 4 rings (SSSR count). The fraction of sp³-hybridized carbons (Fsp3) is 0.0526. The first kappa shape index (κ1) is 16.4. The van der Waals surface area contributed by atoms with E-state index >= 15 is 0 Å². The highest BCUT2D eigenvalue weighted by atomic mass is 19.2. The molecule has 6 heteroatoms. The molecule has 124 valence electrons. The van der Waals surface area contributed by atoms with Crippen molar-refractivity contribution >= 4 is 22.5 Å². The van der Waals surface area contributed by atoms with Gasteiger partial charge in [0.05, 0.1) is 6.54 Å². The third-order valence-electron chi connectivity index (χ3n) is 3.77. The van der Waals surface area contributed by atoms with E-state index in [0.29, 0.717) is 11.1 Å². The number of benzene rings is 2. The summed E-state index contributed by atoms with van der Waals surface area (Å²) in [5, 5.41) is 6.63. The summed E-state index contributed by atoms with van der Waals surface area (Å²) in [6.45, 7) is 0.283. The van der Waals surface area contributed by atoms with Gasteiger partial charge in [0.25, 0.3) is 0 Å². The molecule has 1 N–H and O–H groups in total. The van der Waals surface area contributed by atoms with Gasteiger partial charge >= 0.3 is 0 Å². The summed E-state index contributed by atoms with van der Waals surface area (Å²) in [7, 11) is 0. The topological polar surface area (TPSA) is 74.7 Å². The first-order valence-corrected chi connectivity index (χ1v) is 7.58. The predicted octanol–water partition coefficient (Wildman–Crippen LogP) is 4.63. The second-order valence-electron chi connectivity index (χ2n) is 5.38. The average Bonchev–Trinajstić information content (AvgIpc) is 3.12. The lowest BCUT2D eigenvalue weighted by Crippen LogP contribution is -2.10. The lowest BCUT2D eigenvalue weighted by Gasteiger charge is -2.06. The third-order valence-corrected chi connectivity index (χ3v) is 3.77. The normalized spacial score (nSPS) is 13.0. The van der Waals surface area contributed by atoms with Crippen LogP contribution >= 0.6 is 0 Å². The number of halogens is 1. The largest absolute Gasteiger partial charge is 0.361 e. The van der Waals surface area contributed by atoms with Crippen LogP contribution in [0.2, 0.25) is 0 Å². The van der Waals surface area contributed by atoms with Crippen molar-refractivity contribution in [2.75, 3.05) is 0 Å². The fourth-order valence-electron chi connectivity index (χ4n) is 2.55. The van der Waals surface area contributed by atoms with E-state index in [1.807, 2.05) is 30.5 Å². The summed E-state index contributed by atoms with van der Waals surface area (Å²) in [5.74, 6) is -0.185. The van der Waals surface area contributed by atoms with Crippen LogP contribution in [0.15, 0.2) is 77.3 Å². The molecule has 0 fully saturated rings. The van der Waals surface area contributed by atoms with Crippen molar-refractivity contribution < 1.29 is 14.1 Å². The summed E-state index contributed by atoms with van der Waals surface area (Å²) in [5.41, 5.74) is 2.98. The molecule has 3 aromatic rings. The number of aromatic amines is 1. The minimum absolute atomic E-state index is 0.0924. The van der Waals surface area contributed by atoms with Crippen molar-refractivity contribution in [1.29, 1.82) is 0 Å². The molecule has 1 aliphatic carbocycles. The van der Waals surface area contributed by atoms with E-state index < -0.39 is 0 Å². The van der Waals surface area contributed by atoms with E-state index in [4.69, 9.17) is 0 Å². The molecular formula is C19H14FN3O2. The predicted molar refractivity (Wildman–Crippen MR) is 92.2 cm³/mol. The van der Waals surface area contributed by atoms with Crippen molar-refractivity contribution in [3.63, 3.8) is 0 Å². The number of aromatic nitrogens is 1. The smallest absolute Gasteiger partial charge is 0.186 e. The van der Waals surface area contributed by atoms with Crippen molar-refractivity contribution in [3.8, 4) is 0 Å². The Hall–Kier alpha value is -3.41. The van der Waals surface area contributed by atoms with Crippen molar-refractivity contribution in [3.05, 3.63) is 83.6 Å². The van der Waals surface area contributed by atoms with E-state index in [0.717, 1.165) is 16.5 Å². The fourth-order valence-corrected chi connectivity index (χ4v) is 2.55. The highest BCUT2D eigenvalue weighted by Crippen LogP contribution is 2.16. The van der Waals surface area contributed by atoms with Gasteiger partial charge in [-0.2, -0.15) is 5.11 Å². The van der Waals surface area contributed by atoms with Crippen LogP contribution in [0.4, 0.5) is 4.48 Å². The highest BCUT2D eigenvalue weighted by molar-refractivity contribution is 6.21. The average molecular weight is 335 g/mol. The Morgan fingerprint density at radius 3 is 2.24 bits per heavy atom. The van der Waals surface area contributed by atoms with E-state index in [1.165, 1.54) is 12.2 Å². The summed E-state index contributed by atoms with van der Waals surface area (Å²) in [6.07, 6.45) is 4.49. The molecule has 0 radical (unpaired) electrons. The number of nitrogens with zero attached hydrogens (tertiary/aromatic N) is 2. The maximum Gasteiger partial charge on any atom is 0.186 e. The molecule has 0 unspecified atom stereocenters. The number of hydrogen-bond acceptors (Lipinski definition) is 4. The van der Waals surface area contributed by atoms with Crippen LogP contribution in [0.3, 0.4) is 0 Å². The van der Waals surface area contributed by atoms with Crippen LogP contribution in [-0.2, 0) is 6.54 Å². The SMILES string of the molecule is FN=NCc1ccc2cc[nH]c2c1.O=C1C=CC(=O)c2ccccc21. The molecule has 25 heavy (non-hydrogen) atoms. The molecule has 0 spiro atoms. The number of allylic oxidation sites excluding steroid dienone is 2. The van der Waals surface area contributed by atoms with Gasteiger partial charge in [-0.15, -0.1) is 0 Å². The van der Waals surface area contributed by atoms with E-state index in [2.05, 4.69) is 15.4 Å². The zero-order valence-corrected chi connectivity index (χ0v) is 13.1. The molecule has 2 aromatic carbocycles. The third kappa shape index (κ3) is 3.74. The Morgan fingerprint density at radius 2 is 1.60 bits per heavy atom. The van der Waals surface area contributed by atoms with Gasteiger partial charge in [-0.25, -0.2) is 0 Å². The van der Waals surface area contributed by atoms with Crippen LogP contribution in [0.5, 0.6) is 0 Å². The number of carbonyl (C=O) groups is 2. The lowest BCUT2D eigenvalue weighted by molar-refractivity contribution is 0.0994. The quantitative estimate of drug-likeness (QED) is 0.694. The Labute approximate surface area is 142 Å². The van der Waals surface area contributed by atoms with Crippen LogP contribution in [0, 0.1) is 0 Å². The molecule has 0 saturated carbocycles. The number of H-pyrrole nitrogens is 1. The lowest BCUT2D eigenvalue weighted by atomic mass is 9.95.